The number of aromatic nitrogens is 1. The zero-order chi connectivity index (χ0) is 14.1. The van der Waals surface area contributed by atoms with E-state index in [1.165, 1.54) is 23.9 Å². The molecule has 1 aliphatic rings. The van der Waals surface area contributed by atoms with E-state index in [0.29, 0.717) is 10.9 Å². The minimum Gasteiger partial charge on any atom is -0.429 e. The molecule has 1 unspecified atom stereocenters. The Morgan fingerprint density at radius 1 is 1.30 bits per heavy atom. The maximum absolute atomic E-state index is 5.72. The molecule has 1 atom stereocenters. The summed E-state index contributed by atoms with van der Waals surface area (Å²) in [5.41, 5.74) is 3.51. The molecule has 0 spiro atoms. The monoisotopic (exact) mass is 290 g/mol. The first-order valence-electron chi connectivity index (χ1n) is 7.59. The maximum atomic E-state index is 5.72. The molecule has 0 bridgehead atoms. The van der Waals surface area contributed by atoms with Gasteiger partial charge < -0.3 is 4.42 Å². The second-order valence-electron chi connectivity index (χ2n) is 5.64. The Morgan fingerprint density at radius 3 is 2.75 bits per heavy atom. The quantitative estimate of drug-likeness (QED) is 0.776. The first-order valence-corrected chi connectivity index (χ1v) is 8.00. The number of para-hydroxylation sites is 1. The summed E-state index contributed by atoms with van der Waals surface area (Å²) in [4.78, 5) is 3.22. The van der Waals surface area contributed by atoms with Gasteiger partial charge in [0.25, 0.3) is 4.84 Å². The van der Waals surface area contributed by atoms with Crippen molar-refractivity contribution >= 4 is 23.3 Å². The van der Waals surface area contributed by atoms with Crippen LogP contribution < -0.4 is 0 Å². The standard InChI is InChI=1S/C16H22N2OS/c1-3-8-17(9-4-2)13-10-12-6-5-7-14-15(12)18(11-13)16(20)19-14/h5-7,13H,3-4,8-11H2,1-2H3. The molecule has 0 radical (unpaired) electrons. The molecular weight excluding hydrogens is 268 g/mol. The molecular formula is C16H22N2OS. The molecule has 0 fully saturated rings. The van der Waals surface area contributed by atoms with Crippen LogP contribution in [-0.2, 0) is 13.0 Å². The van der Waals surface area contributed by atoms with E-state index in [1.54, 1.807) is 0 Å². The van der Waals surface area contributed by atoms with Crippen molar-refractivity contribution in [3.8, 4) is 0 Å². The topological polar surface area (TPSA) is 21.3 Å². The van der Waals surface area contributed by atoms with E-state index in [0.717, 1.165) is 31.6 Å². The number of rotatable bonds is 5. The van der Waals surface area contributed by atoms with Gasteiger partial charge in [-0.3, -0.25) is 9.47 Å². The zero-order valence-electron chi connectivity index (χ0n) is 12.3. The molecule has 1 aromatic heterocycles. The van der Waals surface area contributed by atoms with Gasteiger partial charge in [-0.05, 0) is 56.2 Å². The lowest BCUT2D eigenvalue weighted by molar-refractivity contribution is 0.172. The van der Waals surface area contributed by atoms with Gasteiger partial charge in [-0.25, -0.2) is 0 Å². The minimum atomic E-state index is 0.539. The normalized spacial score (nSPS) is 18.1. The third-order valence-corrected chi connectivity index (χ3v) is 4.46. The van der Waals surface area contributed by atoms with Crippen LogP contribution in [0.25, 0.3) is 11.1 Å². The molecule has 2 aromatic rings. The summed E-state index contributed by atoms with van der Waals surface area (Å²) in [7, 11) is 0. The third kappa shape index (κ3) is 2.31. The van der Waals surface area contributed by atoms with Gasteiger partial charge in [0, 0.05) is 12.6 Å². The third-order valence-electron chi connectivity index (χ3n) is 4.16. The molecule has 20 heavy (non-hydrogen) atoms. The Labute approximate surface area is 125 Å². The second kappa shape index (κ2) is 5.70. The highest BCUT2D eigenvalue weighted by Crippen LogP contribution is 2.29. The molecule has 3 nitrogen and oxygen atoms in total. The molecule has 2 heterocycles. The summed E-state index contributed by atoms with van der Waals surface area (Å²) in [5, 5.41) is 0. The number of oxazole rings is 1. The molecule has 3 rings (SSSR count). The van der Waals surface area contributed by atoms with Crippen molar-refractivity contribution in [3.63, 3.8) is 0 Å². The van der Waals surface area contributed by atoms with Gasteiger partial charge in [0.1, 0.15) is 0 Å². The van der Waals surface area contributed by atoms with Gasteiger partial charge in [0.05, 0.1) is 5.52 Å². The van der Waals surface area contributed by atoms with Gasteiger partial charge in [-0.1, -0.05) is 26.0 Å². The van der Waals surface area contributed by atoms with Gasteiger partial charge >= 0.3 is 0 Å². The average molecular weight is 290 g/mol. The minimum absolute atomic E-state index is 0.539. The fourth-order valence-corrected chi connectivity index (χ4v) is 3.61. The number of hydrogen-bond donors (Lipinski definition) is 0. The van der Waals surface area contributed by atoms with Crippen LogP contribution in [0.1, 0.15) is 32.3 Å². The average Bonchev–Trinajstić information content (AvgIpc) is 2.77. The highest BCUT2D eigenvalue weighted by molar-refractivity contribution is 7.71. The number of nitrogens with zero attached hydrogens (tertiary/aromatic N) is 2. The Balaban J connectivity index is 1.97. The summed E-state index contributed by atoms with van der Waals surface area (Å²) in [5.74, 6) is 0. The fourth-order valence-electron chi connectivity index (χ4n) is 3.35. The van der Waals surface area contributed by atoms with Crippen LogP contribution in [0, 0.1) is 4.84 Å². The van der Waals surface area contributed by atoms with Gasteiger partial charge in [0.2, 0.25) is 0 Å². The van der Waals surface area contributed by atoms with Crippen LogP contribution >= 0.6 is 12.2 Å². The highest BCUT2D eigenvalue weighted by atomic mass is 32.1. The lowest BCUT2D eigenvalue weighted by Gasteiger charge is -2.34. The summed E-state index contributed by atoms with van der Waals surface area (Å²) >= 11 is 5.39. The summed E-state index contributed by atoms with van der Waals surface area (Å²) in [6, 6.07) is 6.84. The van der Waals surface area contributed by atoms with Crippen molar-refractivity contribution in [3.05, 3.63) is 28.6 Å². The van der Waals surface area contributed by atoms with E-state index in [9.17, 15) is 0 Å². The molecule has 0 saturated carbocycles. The maximum Gasteiger partial charge on any atom is 0.269 e. The Morgan fingerprint density at radius 2 is 2.05 bits per heavy atom. The SMILES string of the molecule is CCCN(CCC)C1Cc2cccc3oc(=S)n(c23)C1. The van der Waals surface area contributed by atoms with Crippen LogP contribution in [0.15, 0.2) is 22.6 Å². The smallest absolute Gasteiger partial charge is 0.269 e. The van der Waals surface area contributed by atoms with Crippen molar-refractivity contribution in [1.29, 1.82) is 0 Å². The summed E-state index contributed by atoms with van der Waals surface area (Å²) in [6.45, 7) is 7.79. The highest BCUT2D eigenvalue weighted by Gasteiger charge is 2.26. The molecule has 4 heteroatoms. The molecule has 0 saturated heterocycles. The Kier molecular flexibility index (Phi) is 3.94. The van der Waals surface area contributed by atoms with E-state index in [4.69, 9.17) is 16.6 Å². The van der Waals surface area contributed by atoms with Crippen LogP contribution in [0.2, 0.25) is 0 Å². The van der Waals surface area contributed by atoms with E-state index in [1.807, 2.05) is 6.07 Å². The lowest BCUT2D eigenvalue weighted by atomic mass is 9.99. The first-order chi connectivity index (χ1) is 9.74. The first kappa shape index (κ1) is 13.8. The van der Waals surface area contributed by atoms with Crippen LogP contribution in [-0.4, -0.2) is 28.6 Å². The van der Waals surface area contributed by atoms with Crippen LogP contribution in [0.4, 0.5) is 0 Å². The molecule has 1 aliphatic heterocycles. The molecule has 108 valence electrons. The molecule has 0 amide bonds. The van der Waals surface area contributed by atoms with Crippen molar-refractivity contribution in [2.75, 3.05) is 13.1 Å². The predicted molar refractivity (Wildman–Crippen MR) is 84.7 cm³/mol. The lowest BCUT2D eigenvalue weighted by Crippen LogP contribution is -2.42. The van der Waals surface area contributed by atoms with Crippen LogP contribution in [0.5, 0.6) is 0 Å². The Hall–Kier alpha value is -1.13. The van der Waals surface area contributed by atoms with Gasteiger partial charge in [-0.15, -0.1) is 0 Å². The van der Waals surface area contributed by atoms with Crippen molar-refractivity contribution < 1.29 is 4.42 Å². The summed E-state index contributed by atoms with van der Waals surface area (Å²) in [6.07, 6.45) is 3.50. The largest absolute Gasteiger partial charge is 0.429 e. The van der Waals surface area contributed by atoms with Crippen LogP contribution in [0.3, 0.4) is 0 Å². The molecule has 1 aromatic carbocycles. The second-order valence-corrected chi connectivity index (χ2v) is 5.99. The molecule has 0 N–H and O–H groups in total. The van der Waals surface area contributed by atoms with Gasteiger partial charge in [-0.2, -0.15) is 0 Å². The Bertz CT molecular complexity index is 652. The summed E-state index contributed by atoms with van der Waals surface area (Å²) < 4.78 is 7.91. The van der Waals surface area contributed by atoms with E-state index in [-0.39, 0.29) is 0 Å². The van der Waals surface area contributed by atoms with Gasteiger partial charge in [0.15, 0.2) is 5.58 Å². The van der Waals surface area contributed by atoms with E-state index in [2.05, 4.69) is 35.4 Å². The number of benzene rings is 1. The van der Waals surface area contributed by atoms with Crippen molar-refractivity contribution in [2.24, 2.45) is 0 Å². The van der Waals surface area contributed by atoms with E-state index >= 15 is 0 Å². The van der Waals surface area contributed by atoms with E-state index < -0.39 is 0 Å². The zero-order valence-corrected chi connectivity index (χ0v) is 13.1. The fraction of sp³-hybridized carbons (Fsp3) is 0.562. The van der Waals surface area contributed by atoms with Crippen molar-refractivity contribution in [1.82, 2.24) is 9.47 Å². The molecule has 0 aliphatic carbocycles. The van der Waals surface area contributed by atoms with Crippen molar-refractivity contribution in [2.45, 2.75) is 45.7 Å². The number of hydrogen-bond acceptors (Lipinski definition) is 3. The predicted octanol–water partition coefficient (Wildman–Crippen LogP) is 4.01.